The molecule has 0 saturated carbocycles. The van der Waals surface area contributed by atoms with Gasteiger partial charge in [0.1, 0.15) is 0 Å². The van der Waals surface area contributed by atoms with Crippen LogP contribution in [0.25, 0.3) is 0 Å². The van der Waals surface area contributed by atoms with E-state index in [0.717, 1.165) is 51.5 Å². The maximum Gasteiger partial charge on any atom is 0.222 e. The third-order valence-corrected chi connectivity index (χ3v) is 3.61. The minimum Gasteiger partial charge on any atom is -0.356 e. The van der Waals surface area contributed by atoms with Gasteiger partial charge in [-0.1, -0.05) is 6.92 Å². The molecule has 2 aliphatic rings. The summed E-state index contributed by atoms with van der Waals surface area (Å²) in [5.41, 5.74) is 0. The van der Waals surface area contributed by atoms with Crippen LogP contribution in [0.2, 0.25) is 0 Å². The zero-order valence-corrected chi connectivity index (χ0v) is 11.5. The van der Waals surface area contributed by atoms with Crippen molar-refractivity contribution in [1.82, 2.24) is 15.1 Å². The van der Waals surface area contributed by atoms with Crippen LogP contribution in [-0.2, 0) is 4.79 Å². The lowest BCUT2D eigenvalue weighted by Gasteiger charge is -2.26. The van der Waals surface area contributed by atoms with E-state index in [2.05, 4.69) is 29.2 Å². The highest BCUT2D eigenvalue weighted by atomic mass is 16.2. The Hall–Kier alpha value is -1.26. The Labute approximate surface area is 109 Å². The molecule has 0 aromatic heterocycles. The van der Waals surface area contributed by atoms with Crippen LogP contribution in [-0.4, -0.2) is 61.4 Å². The number of rotatable bonds is 4. The van der Waals surface area contributed by atoms with Crippen LogP contribution in [0.1, 0.15) is 26.2 Å². The van der Waals surface area contributed by atoms with Crippen molar-refractivity contribution in [1.29, 1.82) is 0 Å². The lowest BCUT2D eigenvalue weighted by molar-refractivity contribution is -0.127. The summed E-state index contributed by atoms with van der Waals surface area (Å²) in [6.07, 6.45) is 2.86. The highest BCUT2D eigenvalue weighted by Crippen LogP contribution is 2.17. The van der Waals surface area contributed by atoms with Crippen molar-refractivity contribution in [3.63, 3.8) is 0 Å². The molecule has 0 bridgehead atoms. The van der Waals surface area contributed by atoms with E-state index in [0.29, 0.717) is 18.2 Å². The van der Waals surface area contributed by atoms with Crippen LogP contribution in [0.5, 0.6) is 0 Å². The van der Waals surface area contributed by atoms with Crippen LogP contribution in [0.15, 0.2) is 4.99 Å². The Morgan fingerprint density at radius 1 is 1.50 bits per heavy atom. The van der Waals surface area contributed by atoms with Gasteiger partial charge in [-0.25, -0.2) is 0 Å². The summed E-state index contributed by atoms with van der Waals surface area (Å²) < 4.78 is 0. The second-order valence-corrected chi connectivity index (χ2v) is 5.27. The summed E-state index contributed by atoms with van der Waals surface area (Å²) >= 11 is 0. The molecule has 0 aromatic carbocycles. The molecule has 0 aliphatic carbocycles. The molecule has 5 heteroatoms. The fourth-order valence-corrected chi connectivity index (χ4v) is 2.62. The van der Waals surface area contributed by atoms with Crippen molar-refractivity contribution in [2.45, 2.75) is 26.2 Å². The van der Waals surface area contributed by atoms with Crippen LogP contribution in [0.4, 0.5) is 0 Å². The lowest BCUT2D eigenvalue weighted by Crippen LogP contribution is -2.44. The molecule has 2 aliphatic heterocycles. The van der Waals surface area contributed by atoms with Gasteiger partial charge in [-0.15, -0.1) is 0 Å². The standard InChI is InChI=1S/C13H24N4O/c1-3-6-17-10-11(8-12(17)18)9-15-13-14-5-4-7-16(13)2/h11H,3-10H2,1-2H3,(H,14,15). The smallest absolute Gasteiger partial charge is 0.222 e. The molecule has 5 nitrogen and oxygen atoms in total. The Bertz CT molecular complexity index is 329. The minimum atomic E-state index is 0.308. The minimum absolute atomic E-state index is 0.308. The van der Waals surface area contributed by atoms with E-state index in [-0.39, 0.29) is 0 Å². The maximum absolute atomic E-state index is 11.7. The van der Waals surface area contributed by atoms with Gasteiger partial charge in [0.25, 0.3) is 0 Å². The first-order valence-electron chi connectivity index (χ1n) is 6.98. The predicted octanol–water partition coefficient (Wildman–Crippen LogP) is 0.526. The summed E-state index contributed by atoms with van der Waals surface area (Å²) in [4.78, 5) is 20.4. The lowest BCUT2D eigenvalue weighted by atomic mass is 10.1. The van der Waals surface area contributed by atoms with E-state index in [9.17, 15) is 4.79 Å². The summed E-state index contributed by atoms with van der Waals surface area (Å²) in [6, 6.07) is 0. The molecule has 1 unspecified atom stereocenters. The third kappa shape index (κ3) is 3.15. The van der Waals surface area contributed by atoms with Crippen molar-refractivity contribution in [3.05, 3.63) is 0 Å². The van der Waals surface area contributed by atoms with Crippen LogP contribution in [0.3, 0.4) is 0 Å². The van der Waals surface area contributed by atoms with Gasteiger partial charge in [0, 0.05) is 52.1 Å². The molecule has 1 N–H and O–H groups in total. The van der Waals surface area contributed by atoms with Crippen molar-refractivity contribution < 1.29 is 4.79 Å². The highest BCUT2D eigenvalue weighted by molar-refractivity contribution is 5.81. The fourth-order valence-electron chi connectivity index (χ4n) is 2.62. The normalized spacial score (nSPS) is 24.4. The van der Waals surface area contributed by atoms with E-state index in [1.54, 1.807) is 0 Å². The molecular weight excluding hydrogens is 228 g/mol. The zero-order chi connectivity index (χ0) is 13.0. The van der Waals surface area contributed by atoms with Crippen LogP contribution >= 0.6 is 0 Å². The predicted molar refractivity (Wildman–Crippen MR) is 72.5 cm³/mol. The van der Waals surface area contributed by atoms with Crippen LogP contribution < -0.4 is 5.32 Å². The van der Waals surface area contributed by atoms with Crippen molar-refractivity contribution >= 4 is 11.9 Å². The van der Waals surface area contributed by atoms with Gasteiger partial charge in [0.2, 0.25) is 5.91 Å². The van der Waals surface area contributed by atoms with Gasteiger partial charge >= 0.3 is 0 Å². The van der Waals surface area contributed by atoms with E-state index in [4.69, 9.17) is 0 Å². The molecular formula is C13H24N4O. The summed E-state index contributed by atoms with van der Waals surface area (Å²) in [5, 5.41) is 3.39. The van der Waals surface area contributed by atoms with E-state index in [1.807, 2.05) is 4.90 Å². The van der Waals surface area contributed by atoms with Gasteiger partial charge in [-0.3, -0.25) is 9.79 Å². The first kappa shape index (κ1) is 13.2. The number of nitrogens with one attached hydrogen (secondary N) is 1. The molecule has 2 rings (SSSR count). The number of carbonyl (C=O) groups excluding carboxylic acids is 1. The van der Waals surface area contributed by atoms with Gasteiger partial charge in [-0.05, 0) is 12.8 Å². The van der Waals surface area contributed by atoms with Gasteiger partial charge in [0.15, 0.2) is 5.96 Å². The first-order chi connectivity index (χ1) is 8.70. The van der Waals surface area contributed by atoms with Crippen LogP contribution in [0, 0.1) is 5.92 Å². The number of carbonyl (C=O) groups is 1. The van der Waals surface area contributed by atoms with Gasteiger partial charge < -0.3 is 15.1 Å². The SMILES string of the molecule is CCCN1CC(CNC2=NCCCN2C)CC1=O. The molecule has 0 aromatic rings. The molecule has 1 saturated heterocycles. The summed E-state index contributed by atoms with van der Waals surface area (Å²) in [5.74, 6) is 1.73. The molecule has 18 heavy (non-hydrogen) atoms. The average Bonchev–Trinajstić information content (AvgIpc) is 2.70. The molecule has 102 valence electrons. The quantitative estimate of drug-likeness (QED) is 0.794. The van der Waals surface area contributed by atoms with Crippen molar-refractivity contribution in [3.8, 4) is 0 Å². The molecule has 0 radical (unpaired) electrons. The summed E-state index contributed by atoms with van der Waals surface area (Å²) in [6.45, 7) is 6.75. The fraction of sp³-hybridized carbons (Fsp3) is 0.846. The van der Waals surface area contributed by atoms with Crippen molar-refractivity contribution in [2.24, 2.45) is 10.9 Å². The number of hydrogen-bond acceptors (Lipinski definition) is 4. The van der Waals surface area contributed by atoms with E-state index >= 15 is 0 Å². The Morgan fingerprint density at radius 3 is 3.06 bits per heavy atom. The molecule has 0 spiro atoms. The van der Waals surface area contributed by atoms with E-state index in [1.165, 1.54) is 0 Å². The highest BCUT2D eigenvalue weighted by Gasteiger charge is 2.29. The number of aliphatic imine (C=N–C) groups is 1. The summed E-state index contributed by atoms with van der Waals surface area (Å²) in [7, 11) is 2.06. The second-order valence-electron chi connectivity index (χ2n) is 5.27. The number of likely N-dealkylation sites (tertiary alicyclic amines) is 1. The second kappa shape index (κ2) is 6.07. The maximum atomic E-state index is 11.7. The number of hydrogen-bond donors (Lipinski definition) is 1. The Morgan fingerprint density at radius 2 is 2.33 bits per heavy atom. The number of nitrogens with zero attached hydrogens (tertiary/aromatic N) is 3. The average molecular weight is 252 g/mol. The molecule has 2 heterocycles. The Balaban J connectivity index is 1.78. The Kier molecular flexibility index (Phi) is 4.44. The van der Waals surface area contributed by atoms with Gasteiger partial charge in [0.05, 0.1) is 0 Å². The van der Waals surface area contributed by atoms with Gasteiger partial charge in [-0.2, -0.15) is 0 Å². The van der Waals surface area contributed by atoms with E-state index < -0.39 is 0 Å². The largest absolute Gasteiger partial charge is 0.356 e. The molecule has 1 atom stereocenters. The number of guanidine groups is 1. The first-order valence-corrected chi connectivity index (χ1v) is 6.98. The van der Waals surface area contributed by atoms with Crippen molar-refractivity contribution in [2.75, 3.05) is 39.8 Å². The molecule has 1 amide bonds. The number of amides is 1. The zero-order valence-electron chi connectivity index (χ0n) is 11.5. The molecule has 1 fully saturated rings. The monoisotopic (exact) mass is 252 g/mol. The topological polar surface area (TPSA) is 47.9 Å². The third-order valence-electron chi connectivity index (χ3n) is 3.61.